The summed E-state index contributed by atoms with van der Waals surface area (Å²) in [6.45, 7) is 0.957. The van der Waals surface area contributed by atoms with Gasteiger partial charge in [-0.15, -0.1) is 0 Å². The van der Waals surface area contributed by atoms with Crippen molar-refractivity contribution >= 4 is 17.6 Å². The van der Waals surface area contributed by atoms with E-state index in [0.717, 1.165) is 19.2 Å². The monoisotopic (exact) mass is 312 g/mol. The van der Waals surface area contributed by atoms with Gasteiger partial charge in [0.25, 0.3) is 5.69 Å². The van der Waals surface area contributed by atoms with Crippen LogP contribution in [-0.4, -0.2) is 46.8 Å². The van der Waals surface area contributed by atoms with Gasteiger partial charge in [-0.05, 0) is 12.1 Å². The number of benzene rings is 1. The summed E-state index contributed by atoms with van der Waals surface area (Å²) in [4.78, 5) is 32.4. The summed E-state index contributed by atoms with van der Waals surface area (Å²) in [5.74, 6) is -1.18. The second-order valence-corrected chi connectivity index (χ2v) is 4.47. The molecule has 0 aliphatic rings. The number of aliphatic hydroxyl groups is 2. The number of carbonyl (C=O) groups excluding carboxylic acids is 2. The van der Waals surface area contributed by atoms with Crippen LogP contribution in [0.4, 0.5) is 5.69 Å². The predicted octanol–water partition coefficient (Wildman–Crippen LogP) is -0.0882. The van der Waals surface area contributed by atoms with Crippen LogP contribution in [-0.2, 0) is 9.53 Å². The maximum Gasteiger partial charge on any atom is 0.338 e. The third kappa shape index (κ3) is 4.24. The summed E-state index contributed by atoms with van der Waals surface area (Å²) in [6, 6.07) is 3.35. The van der Waals surface area contributed by atoms with Crippen molar-refractivity contribution in [2.24, 2.45) is 0 Å². The molecule has 22 heavy (non-hydrogen) atoms. The van der Waals surface area contributed by atoms with Crippen LogP contribution in [0, 0.1) is 10.1 Å². The third-order valence-electron chi connectivity index (χ3n) is 2.89. The number of esters is 1. The lowest BCUT2D eigenvalue weighted by Crippen LogP contribution is -2.34. The first-order valence-electron chi connectivity index (χ1n) is 6.25. The van der Waals surface area contributed by atoms with Crippen LogP contribution in [0.15, 0.2) is 18.2 Å². The topological polar surface area (TPSA) is 139 Å². The van der Waals surface area contributed by atoms with Crippen LogP contribution < -0.4 is 5.32 Å². The Morgan fingerprint density at radius 2 is 2.05 bits per heavy atom. The highest BCUT2D eigenvalue weighted by molar-refractivity contribution is 5.90. The molecule has 0 saturated carbocycles. The summed E-state index contributed by atoms with van der Waals surface area (Å²) < 4.78 is 4.46. The predicted molar refractivity (Wildman–Crippen MR) is 74.1 cm³/mol. The Labute approximate surface area is 125 Å². The first-order chi connectivity index (χ1) is 10.3. The fraction of sp³-hybridized carbons (Fsp3) is 0.385. The molecule has 3 N–H and O–H groups in total. The van der Waals surface area contributed by atoms with Gasteiger partial charge in [0.2, 0.25) is 5.91 Å². The molecule has 2 atom stereocenters. The standard InChI is InChI=1S/C13H16N2O7/c1-7(16)14-6-11(17)12(18)9-4-3-8(13(19)22-2)5-10(9)15(20)21/h3-5,11-12,17-18H,6H2,1-2H3,(H,14,16). The van der Waals surface area contributed by atoms with Gasteiger partial charge in [0.15, 0.2) is 0 Å². The molecule has 9 nitrogen and oxygen atoms in total. The molecule has 9 heteroatoms. The lowest BCUT2D eigenvalue weighted by molar-refractivity contribution is -0.386. The van der Waals surface area contributed by atoms with Gasteiger partial charge >= 0.3 is 5.97 Å². The smallest absolute Gasteiger partial charge is 0.338 e. The fourth-order valence-corrected chi connectivity index (χ4v) is 1.76. The Kier molecular flexibility index (Phi) is 5.96. The van der Waals surface area contributed by atoms with Crippen molar-refractivity contribution in [2.45, 2.75) is 19.1 Å². The summed E-state index contributed by atoms with van der Waals surface area (Å²) in [7, 11) is 1.13. The first-order valence-corrected chi connectivity index (χ1v) is 6.25. The molecule has 120 valence electrons. The number of nitrogens with one attached hydrogen (secondary N) is 1. The van der Waals surface area contributed by atoms with Crippen molar-refractivity contribution in [1.29, 1.82) is 0 Å². The van der Waals surface area contributed by atoms with Crippen LogP contribution in [0.25, 0.3) is 0 Å². The second-order valence-electron chi connectivity index (χ2n) is 4.47. The van der Waals surface area contributed by atoms with Crippen molar-refractivity contribution in [3.63, 3.8) is 0 Å². The Morgan fingerprint density at radius 1 is 1.41 bits per heavy atom. The molecule has 1 aromatic carbocycles. The minimum atomic E-state index is -1.60. The van der Waals surface area contributed by atoms with Gasteiger partial charge in [-0.1, -0.05) is 0 Å². The van der Waals surface area contributed by atoms with E-state index in [2.05, 4.69) is 10.1 Å². The van der Waals surface area contributed by atoms with Crippen LogP contribution in [0.3, 0.4) is 0 Å². The number of nitro benzene ring substituents is 1. The van der Waals surface area contributed by atoms with E-state index < -0.39 is 34.7 Å². The molecule has 1 amide bonds. The van der Waals surface area contributed by atoms with Gasteiger partial charge in [0.1, 0.15) is 12.2 Å². The molecule has 0 bridgehead atoms. The Balaban J connectivity index is 3.09. The summed E-state index contributed by atoms with van der Waals surface area (Å²) in [5, 5.41) is 33.1. The molecule has 0 spiro atoms. The van der Waals surface area contributed by atoms with E-state index in [-0.39, 0.29) is 17.7 Å². The molecule has 1 rings (SSSR count). The molecule has 0 fully saturated rings. The Bertz CT molecular complexity index is 588. The Morgan fingerprint density at radius 3 is 2.55 bits per heavy atom. The molecular formula is C13H16N2O7. The number of hydrogen-bond donors (Lipinski definition) is 3. The lowest BCUT2D eigenvalue weighted by atomic mass is 10.00. The molecule has 0 aliphatic heterocycles. The molecule has 0 radical (unpaired) electrons. The fourth-order valence-electron chi connectivity index (χ4n) is 1.76. The Hall–Kier alpha value is -2.52. The van der Waals surface area contributed by atoms with Gasteiger partial charge in [-0.25, -0.2) is 4.79 Å². The first kappa shape index (κ1) is 17.5. The number of rotatable bonds is 6. The van der Waals surface area contributed by atoms with E-state index >= 15 is 0 Å². The molecule has 0 heterocycles. The van der Waals surface area contributed by atoms with Gasteiger partial charge in [-0.2, -0.15) is 0 Å². The lowest BCUT2D eigenvalue weighted by Gasteiger charge is -2.18. The van der Waals surface area contributed by atoms with Crippen molar-refractivity contribution in [3.05, 3.63) is 39.4 Å². The zero-order valence-electron chi connectivity index (χ0n) is 12.0. The van der Waals surface area contributed by atoms with E-state index in [0.29, 0.717) is 0 Å². The van der Waals surface area contributed by atoms with Crippen molar-refractivity contribution in [1.82, 2.24) is 5.32 Å². The van der Waals surface area contributed by atoms with Crippen molar-refractivity contribution in [2.75, 3.05) is 13.7 Å². The highest BCUT2D eigenvalue weighted by Gasteiger charge is 2.27. The number of nitrogens with zero attached hydrogens (tertiary/aromatic N) is 1. The summed E-state index contributed by atoms with van der Waals surface area (Å²) in [5.41, 5.74) is -0.755. The summed E-state index contributed by atoms with van der Waals surface area (Å²) in [6.07, 6.45) is -3.04. The van der Waals surface area contributed by atoms with E-state index in [1.54, 1.807) is 0 Å². The number of nitro groups is 1. The quantitative estimate of drug-likeness (QED) is 0.379. The van der Waals surface area contributed by atoms with E-state index in [9.17, 15) is 29.9 Å². The zero-order chi connectivity index (χ0) is 16.9. The summed E-state index contributed by atoms with van der Waals surface area (Å²) >= 11 is 0. The SMILES string of the molecule is COC(=O)c1ccc(C(O)C(O)CNC(C)=O)c([N+](=O)[O-])c1. The second kappa shape index (κ2) is 7.48. The maximum atomic E-state index is 11.4. The number of hydrogen-bond acceptors (Lipinski definition) is 7. The van der Waals surface area contributed by atoms with Crippen LogP contribution in [0.2, 0.25) is 0 Å². The van der Waals surface area contributed by atoms with Gasteiger partial charge in [-0.3, -0.25) is 14.9 Å². The minimum absolute atomic E-state index is 0.0542. The molecule has 0 saturated heterocycles. The molecule has 0 aromatic heterocycles. The number of amides is 1. The highest BCUT2D eigenvalue weighted by Crippen LogP contribution is 2.28. The van der Waals surface area contributed by atoms with Gasteiger partial charge in [0.05, 0.1) is 23.2 Å². The maximum absolute atomic E-state index is 11.4. The molecule has 2 unspecified atom stereocenters. The normalized spacial score (nSPS) is 13.1. The zero-order valence-corrected chi connectivity index (χ0v) is 12.0. The number of methoxy groups -OCH3 is 1. The number of aliphatic hydroxyl groups excluding tert-OH is 2. The average molecular weight is 312 g/mol. The number of ether oxygens (including phenoxy) is 1. The van der Waals surface area contributed by atoms with E-state index in [4.69, 9.17) is 0 Å². The van der Waals surface area contributed by atoms with E-state index in [1.807, 2.05) is 0 Å². The van der Waals surface area contributed by atoms with Crippen molar-refractivity contribution < 1.29 is 29.5 Å². The molecule has 1 aromatic rings. The van der Waals surface area contributed by atoms with Gasteiger partial charge < -0.3 is 20.3 Å². The van der Waals surface area contributed by atoms with Crippen LogP contribution >= 0.6 is 0 Å². The minimum Gasteiger partial charge on any atom is -0.465 e. The largest absolute Gasteiger partial charge is 0.465 e. The van der Waals surface area contributed by atoms with Crippen LogP contribution in [0.5, 0.6) is 0 Å². The van der Waals surface area contributed by atoms with Crippen LogP contribution in [0.1, 0.15) is 28.9 Å². The highest BCUT2D eigenvalue weighted by atomic mass is 16.6. The van der Waals surface area contributed by atoms with Crippen molar-refractivity contribution in [3.8, 4) is 0 Å². The van der Waals surface area contributed by atoms with Gasteiger partial charge in [0, 0.05) is 19.5 Å². The molecule has 0 aliphatic carbocycles. The average Bonchev–Trinajstić information content (AvgIpc) is 2.50. The number of carbonyl (C=O) groups is 2. The molecular weight excluding hydrogens is 296 g/mol. The third-order valence-corrected chi connectivity index (χ3v) is 2.89. The van der Waals surface area contributed by atoms with E-state index in [1.165, 1.54) is 13.0 Å².